The molecule has 1 aromatic carbocycles. The summed E-state index contributed by atoms with van der Waals surface area (Å²) in [7, 11) is 0. The summed E-state index contributed by atoms with van der Waals surface area (Å²) in [5, 5.41) is 20.1. The van der Waals surface area contributed by atoms with Crippen molar-refractivity contribution in [2.75, 3.05) is 0 Å². The van der Waals surface area contributed by atoms with Gasteiger partial charge in [-0.2, -0.15) is 4.68 Å². The van der Waals surface area contributed by atoms with Crippen LogP contribution in [0.5, 0.6) is 0 Å². The van der Waals surface area contributed by atoms with Crippen molar-refractivity contribution in [1.29, 1.82) is 0 Å². The van der Waals surface area contributed by atoms with Gasteiger partial charge in [0.2, 0.25) is 0 Å². The fourth-order valence-electron chi connectivity index (χ4n) is 2.67. The lowest BCUT2D eigenvalue weighted by Gasteiger charge is -2.11. The molecule has 1 aromatic heterocycles. The lowest BCUT2D eigenvalue weighted by atomic mass is 10.1. The Morgan fingerprint density at radius 3 is 2.62 bits per heavy atom. The zero-order valence-electron chi connectivity index (χ0n) is 11.0. The number of carbonyl (C=O) groups is 1. The van der Waals surface area contributed by atoms with E-state index in [1.165, 1.54) is 0 Å². The molecule has 1 aliphatic carbocycles. The minimum atomic E-state index is -1.47. The third kappa shape index (κ3) is 2.37. The molecule has 3 rings (SSSR count). The number of halogens is 2. The predicted octanol–water partition coefficient (Wildman–Crippen LogP) is 2.30. The molecular formula is C13H12F2N4O2. The number of rotatable bonds is 3. The summed E-state index contributed by atoms with van der Waals surface area (Å²) in [4.78, 5) is 11.0. The van der Waals surface area contributed by atoms with Crippen LogP contribution in [0.3, 0.4) is 0 Å². The van der Waals surface area contributed by atoms with Gasteiger partial charge < -0.3 is 5.11 Å². The second-order valence-corrected chi connectivity index (χ2v) is 5.02. The summed E-state index contributed by atoms with van der Waals surface area (Å²) in [6.45, 7) is 0. The van der Waals surface area contributed by atoms with Crippen molar-refractivity contribution in [1.82, 2.24) is 20.2 Å². The molecule has 21 heavy (non-hydrogen) atoms. The summed E-state index contributed by atoms with van der Waals surface area (Å²) < 4.78 is 28.6. The maximum atomic E-state index is 14.0. The second kappa shape index (κ2) is 5.19. The van der Waals surface area contributed by atoms with Crippen molar-refractivity contribution in [3.05, 3.63) is 35.2 Å². The molecule has 0 saturated heterocycles. The highest BCUT2D eigenvalue weighted by atomic mass is 19.1. The molecule has 0 spiro atoms. The van der Waals surface area contributed by atoms with Gasteiger partial charge >= 0.3 is 5.97 Å². The first-order valence-corrected chi connectivity index (χ1v) is 6.59. The number of carboxylic acid groups (broad SMARTS) is 1. The average Bonchev–Trinajstić information content (AvgIpc) is 3.08. The molecule has 8 heteroatoms. The van der Waals surface area contributed by atoms with Gasteiger partial charge in [-0.15, -0.1) is 5.10 Å². The Kier molecular flexibility index (Phi) is 3.36. The first-order valence-electron chi connectivity index (χ1n) is 6.59. The molecule has 1 saturated carbocycles. The van der Waals surface area contributed by atoms with Crippen LogP contribution >= 0.6 is 0 Å². The van der Waals surface area contributed by atoms with E-state index in [1.807, 2.05) is 0 Å². The molecule has 0 radical (unpaired) electrons. The number of carboxylic acids is 1. The van der Waals surface area contributed by atoms with Crippen molar-refractivity contribution in [2.45, 2.75) is 31.6 Å². The van der Waals surface area contributed by atoms with Gasteiger partial charge in [-0.3, -0.25) is 0 Å². The minimum Gasteiger partial charge on any atom is -0.478 e. The van der Waals surface area contributed by atoms with Crippen LogP contribution < -0.4 is 0 Å². The van der Waals surface area contributed by atoms with Crippen LogP contribution in [0, 0.1) is 11.6 Å². The van der Waals surface area contributed by atoms with Gasteiger partial charge in [0, 0.05) is 12.0 Å². The third-order valence-electron chi connectivity index (χ3n) is 3.71. The van der Waals surface area contributed by atoms with Crippen LogP contribution in [0.15, 0.2) is 12.1 Å². The second-order valence-electron chi connectivity index (χ2n) is 5.02. The molecule has 0 unspecified atom stereocenters. The Labute approximate surface area is 118 Å². The van der Waals surface area contributed by atoms with Crippen LogP contribution in [0.4, 0.5) is 8.78 Å². The Hall–Kier alpha value is -2.38. The largest absolute Gasteiger partial charge is 0.478 e. The Morgan fingerprint density at radius 2 is 1.95 bits per heavy atom. The summed E-state index contributed by atoms with van der Waals surface area (Å²) in [6.07, 6.45) is 3.89. The van der Waals surface area contributed by atoms with E-state index in [9.17, 15) is 13.6 Å². The molecule has 2 aromatic rings. The average molecular weight is 294 g/mol. The van der Waals surface area contributed by atoms with Crippen molar-refractivity contribution in [3.63, 3.8) is 0 Å². The summed E-state index contributed by atoms with van der Waals surface area (Å²) in [6, 6.07) is 1.46. The van der Waals surface area contributed by atoms with Gasteiger partial charge in [-0.1, -0.05) is 12.8 Å². The van der Waals surface area contributed by atoms with Gasteiger partial charge in [0.25, 0.3) is 0 Å². The smallest absolute Gasteiger partial charge is 0.338 e. The normalized spacial score (nSPS) is 15.5. The molecule has 1 aliphatic rings. The maximum absolute atomic E-state index is 14.0. The molecule has 0 bridgehead atoms. The molecule has 6 nitrogen and oxygen atoms in total. The monoisotopic (exact) mass is 294 g/mol. The van der Waals surface area contributed by atoms with Gasteiger partial charge in [-0.05, 0) is 29.3 Å². The van der Waals surface area contributed by atoms with Crippen molar-refractivity contribution >= 4 is 5.97 Å². The van der Waals surface area contributed by atoms with E-state index in [0.717, 1.165) is 36.4 Å². The molecule has 0 amide bonds. The highest BCUT2D eigenvalue weighted by Crippen LogP contribution is 2.33. The van der Waals surface area contributed by atoms with E-state index >= 15 is 0 Å². The Balaban J connectivity index is 2.10. The van der Waals surface area contributed by atoms with Crippen LogP contribution in [0.25, 0.3) is 5.69 Å². The van der Waals surface area contributed by atoms with E-state index in [-0.39, 0.29) is 11.6 Å². The van der Waals surface area contributed by atoms with E-state index in [1.54, 1.807) is 0 Å². The quantitative estimate of drug-likeness (QED) is 0.939. The van der Waals surface area contributed by atoms with Gasteiger partial charge in [0.1, 0.15) is 11.5 Å². The number of aromatic nitrogens is 4. The standard InChI is InChI=1S/C13H12F2N4O2/c14-9-6-10(15)11(5-8(9)13(20)21)19-12(16-17-18-19)7-3-1-2-4-7/h5-7H,1-4H2,(H,20,21). The van der Waals surface area contributed by atoms with Gasteiger partial charge in [0.15, 0.2) is 11.6 Å². The maximum Gasteiger partial charge on any atom is 0.338 e. The lowest BCUT2D eigenvalue weighted by Crippen LogP contribution is -2.11. The lowest BCUT2D eigenvalue weighted by molar-refractivity contribution is 0.0691. The van der Waals surface area contributed by atoms with Crippen molar-refractivity contribution < 1.29 is 18.7 Å². The number of tetrazole rings is 1. The minimum absolute atomic E-state index is 0.109. The molecular weight excluding hydrogens is 282 g/mol. The zero-order valence-corrected chi connectivity index (χ0v) is 11.0. The van der Waals surface area contributed by atoms with E-state index in [2.05, 4.69) is 15.5 Å². The molecule has 1 N–H and O–H groups in total. The number of hydrogen-bond donors (Lipinski definition) is 1. The van der Waals surface area contributed by atoms with Gasteiger partial charge in [0.05, 0.1) is 5.56 Å². The number of aromatic carboxylic acids is 1. The van der Waals surface area contributed by atoms with E-state index in [0.29, 0.717) is 11.9 Å². The summed E-state index contributed by atoms with van der Waals surface area (Å²) >= 11 is 0. The van der Waals surface area contributed by atoms with Crippen molar-refractivity contribution in [3.8, 4) is 5.69 Å². The SMILES string of the molecule is O=C(O)c1cc(-n2nnnc2C2CCCC2)c(F)cc1F. The van der Waals surface area contributed by atoms with E-state index < -0.39 is 23.2 Å². The topological polar surface area (TPSA) is 80.9 Å². The Morgan fingerprint density at radius 1 is 1.24 bits per heavy atom. The number of nitrogens with zero attached hydrogens (tertiary/aromatic N) is 4. The highest BCUT2D eigenvalue weighted by Gasteiger charge is 2.26. The molecule has 110 valence electrons. The highest BCUT2D eigenvalue weighted by molar-refractivity contribution is 5.88. The zero-order chi connectivity index (χ0) is 15.0. The third-order valence-corrected chi connectivity index (χ3v) is 3.71. The van der Waals surface area contributed by atoms with Crippen molar-refractivity contribution in [2.24, 2.45) is 0 Å². The molecule has 0 atom stereocenters. The fraction of sp³-hybridized carbons (Fsp3) is 0.385. The number of benzene rings is 1. The Bertz CT molecular complexity index is 695. The van der Waals surface area contributed by atoms with Crippen LogP contribution in [-0.2, 0) is 0 Å². The van der Waals surface area contributed by atoms with Crippen LogP contribution in [-0.4, -0.2) is 31.3 Å². The summed E-state index contributed by atoms with van der Waals surface area (Å²) in [5.41, 5.74) is -0.764. The van der Waals surface area contributed by atoms with Gasteiger partial charge in [-0.25, -0.2) is 13.6 Å². The molecule has 0 aliphatic heterocycles. The first kappa shape index (κ1) is 13.6. The first-order chi connectivity index (χ1) is 10.1. The number of hydrogen-bond acceptors (Lipinski definition) is 4. The molecule has 1 fully saturated rings. The van der Waals surface area contributed by atoms with Crippen LogP contribution in [0.2, 0.25) is 0 Å². The predicted molar refractivity (Wildman–Crippen MR) is 67.2 cm³/mol. The summed E-state index contributed by atoms with van der Waals surface area (Å²) in [5.74, 6) is -2.90. The van der Waals surface area contributed by atoms with E-state index in [4.69, 9.17) is 5.11 Å². The van der Waals surface area contributed by atoms with Crippen LogP contribution in [0.1, 0.15) is 47.8 Å². The fourth-order valence-corrected chi connectivity index (χ4v) is 2.67. The molecule has 1 heterocycles.